The Morgan fingerprint density at radius 3 is 2.42 bits per heavy atom. The highest BCUT2D eigenvalue weighted by molar-refractivity contribution is 9.10. The number of rotatable bonds is 6. The second-order valence-corrected chi connectivity index (χ2v) is 5.35. The van der Waals surface area contributed by atoms with Crippen LogP contribution in [0, 0.1) is 0 Å². The Labute approximate surface area is 123 Å². The van der Waals surface area contributed by atoms with E-state index in [2.05, 4.69) is 59.4 Å². The minimum absolute atomic E-state index is 0.175. The molecule has 0 radical (unpaired) electrons. The van der Waals surface area contributed by atoms with Crippen molar-refractivity contribution in [1.29, 1.82) is 0 Å². The first kappa shape index (κ1) is 14.4. The monoisotopic (exact) mass is 321 g/mol. The van der Waals surface area contributed by atoms with Crippen LogP contribution in [0.2, 0.25) is 0 Å². The number of aryl methyl sites for hydroxylation is 1. The topological polar surface area (TPSA) is 25.2 Å². The molecule has 1 heterocycles. The second kappa shape index (κ2) is 6.92. The highest BCUT2D eigenvalue weighted by Crippen LogP contribution is 2.29. The van der Waals surface area contributed by atoms with Crippen LogP contribution in [0.3, 0.4) is 0 Å². The Morgan fingerprint density at radius 1 is 1.16 bits per heavy atom. The third-order valence-electron chi connectivity index (χ3n) is 3.22. The third kappa shape index (κ3) is 3.48. The molecule has 0 saturated heterocycles. The van der Waals surface area contributed by atoms with Gasteiger partial charge in [0.05, 0.1) is 12.3 Å². The number of nitrogens with one attached hydrogen (secondary N) is 1. The summed E-state index contributed by atoms with van der Waals surface area (Å²) < 4.78 is 6.15. The van der Waals surface area contributed by atoms with Gasteiger partial charge in [-0.05, 0) is 46.1 Å². The fraction of sp³-hybridized carbons (Fsp3) is 0.375. The first-order valence-corrected chi connectivity index (χ1v) is 7.60. The van der Waals surface area contributed by atoms with E-state index in [4.69, 9.17) is 4.42 Å². The zero-order chi connectivity index (χ0) is 13.7. The minimum atomic E-state index is 0.175. The predicted molar refractivity (Wildman–Crippen MR) is 82.4 cm³/mol. The number of hydrogen-bond acceptors (Lipinski definition) is 2. The summed E-state index contributed by atoms with van der Waals surface area (Å²) in [5.41, 5.74) is 3.81. The number of hydrogen-bond donors (Lipinski definition) is 1. The molecule has 1 aromatic carbocycles. The zero-order valence-corrected chi connectivity index (χ0v) is 13.0. The molecule has 0 aliphatic rings. The van der Waals surface area contributed by atoms with Gasteiger partial charge in [0, 0.05) is 5.56 Å². The van der Waals surface area contributed by atoms with Crippen molar-refractivity contribution < 1.29 is 4.42 Å². The molecular weight excluding hydrogens is 302 g/mol. The van der Waals surface area contributed by atoms with Crippen molar-refractivity contribution in [3.63, 3.8) is 0 Å². The van der Waals surface area contributed by atoms with Gasteiger partial charge < -0.3 is 9.73 Å². The van der Waals surface area contributed by atoms with Gasteiger partial charge in [-0.15, -0.1) is 0 Å². The fourth-order valence-corrected chi connectivity index (χ4v) is 2.76. The zero-order valence-electron chi connectivity index (χ0n) is 11.4. The van der Waals surface area contributed by atoms with Crippen molar-refractivity contribution in [2.45, 2.75) is 32.7 Å². The Morgan fingerprint density at radius 2 is 1.89 bits per heavy atom. The maximum atomic E-state index is 5.35. The van der Waals surface area contributed by atoms with Crippen molar-refractivity contribution in [3.05, 3.63) is 58.0 Å². The summed E-state index contributed by atoms with van der Waals surface area (Å²) in [7, 11) is 0. The van der Waals surface area contributed by atoms with Gasteiger partial charge >= 0.3 is 0 Å². The Kier molecular flexibility index (Phi) is 5.23. The van der Waals surface area contributed by atoms with Gasteiger partial charge in [-0.2, -0.15) is 0 Å². The Bertz CT molecular complexity index is 504. The van der Waals surface area contributed by atoms with Gasteiger partial charge in [-0.1, -0.05) is 44.5 Å². The first-order valence-electron chi connectivity index (χ1n) is 6.81. The molecule has 1 unspecified atom stereocenters. The smallest absolute Gasteiger partial charge is 0.174 e. The van der Waals surface area contributed by atoms with Crippen LogP contribution in [0.5, 0.6) is 0 Å². The molecule has 19 heavy (non-hydrogen) atoms. The van der Waals surface area contributed by atoms with Crippen LogP contribution in [0.15, 0.2) is 45.7 Å². The summed E-state index contributed by atoms with van der Waals surface area (Å²) in [4.78, 5) is 0. The van der Waals surface area contributed by atoms with Crippen molar-refractivity contribution in [3.8, 4) is 0 Å². The fourth-order valence-electron chi connectivity index (χ4n) is 2.29. The molecule has 0 amide bonds. The van der Waals surface area contributed by atoms with Gasteiger partial charge in [-0.3, -0.25) is 0 Å². The van der Waals surface area contributed by atoms with Crippen LogP contribution < -0.4 is 5.32 Å². The van der Waals surface area contributed by atoms with Gasteiger partial charge in [0.25, 0.3) is 0 Å². The van der Waals surface area contributed by atoms with Gasteiger partial charge in [0.15, 0.2) is 4.67 Å². The molecule has 2 rings (SSSR count). The predicted octanol–water partition coefficient (Wildman–Crippen LogP) is 4.69. The Hall–Kier alpha value is -1.06. The molecule has 2 aromatic rings. The van der Waals surface area contributed by atoms with E-state index in [0.29, 0.717) is 0 Å². The van der Waals surface area contributed by atoms with E-state index >= 15 is 0 Å². The summed E-state index contributed by atoms with van der Waals surface area (Å²) in [6, 6.07) is 11.0. The highest BCUT2D eigenvalue weighted by Gasteiger charge is 2.17. The summed E-state index contributed by atoms with van der Waals surface area (Å²) >= 11 is 3.47. The van der Waals surface area contributed by atoms with Crippen LogP contribution in [0.1, 0.15) is 43.0 Å². The van der Waals surface area contributed by atoms with E-state index in [1.54, 1.807) is 6.26 Å². The third-order valence-corrected chi connectivity index (χ3v) is 3.86. The van der Waals surface area contributed by atoms with Crippen LogP contribution >= 0.6 is 15.9 Å². The van der Waals surface area contributed by atoms with Gasteiger partial charge in [0.1, 0.15) is 0 Å². The maximum Gasteiger partial charge on any atom is 0.174 e. The first-order chi connectivity index (χ1) is 9.26. The molecule has 0 aliphatic carbocycles. The second-order valence-electron chi connectivity index (χ2n) is 4.63. The molecule has 2 nitrogen and oxygen atoms in total. The van der Waals surface area contributed by atoms with Crippen molar-refractivity contribution >= 4 is 15.9 Å². The molecule has 1 atom stereocenters. The van der Waals surface area contributed by atoms with Crippen molar-refractivity contribution in [2.24, 2.45) is 0 Å². The standard InChI is InChI=1S/C16H20BrNO/c1-3-5-12-6-8-13(9-7-12)15(18-4-2)14-10-11-19-16(14)17/h6-11,15,18H,3-5H2,1-2H3. The molecule has 0 bridgehead atoms. The van der Waals surface area contributed by atoms with Crippen LogP contribution in [-0.4, -0.2) is 6.54 Å². The lowest BCUT2D eigenvalue weighted by Gasteiger charge is -2.18. The van der Waals surface area contributed by atoms with Crippen LogP contribution in [0.25, 0.3) is 0 Å². The molecule has 3 heteroatoms. The van der Waals surface area contributed by atoms with E-state index in [1.807, 2.05) is 6.07 Å². The largest absolute Gasteiger partial charge is 0.457 e. The number of halogens is 1. The summed E-state index contributed by atoms with van der Waals surface area (Å²) in [6.45, 7) is 5.24. The average Bonchev–Trinajstić information content (AvgIpc) is 2.84. The molecule has 0 fully saturated rings. The molecule has 0 saturated carbocycles. The quantitative estimate of drug-likeness (QED) is 0.834. The molecular formula is C16H20BrNO. The lowest BCUT2D eigenvalue weighted by Crippen LogP contribution is -2.21. The molecule has 1 N–H and O–H groups in total. The summed E-state index contributed by atoms with van der Waals surface area (Å²) in [6.07, 6.45) is 4.04. The van der Waals surface area contributed by atoms with E-state index in [9.17, 15) is 0 Å². The van der Waals surface area contributed by atoms with Gasteiger partial charge in [0.2, 0.25) is 0 Å². The van der Waals surface area contributed by atoms with E-state index < -0.39 is 0 Å². The van der Waals surface area contributed by atoms with Crippen molar-refractivity contribution in [1.82, 2.24) is 5.32 Å². The normalized spacial score (nSPS) is 12.6. The van der Waals surface area contributed by atoms with Crippen LogP contribution in [-0.2, 0) is 6.42 Å². The number of furan rings is 1. The Balaban J connectivity index is 2.26. The molecule has 102 valence electrons. The van der Waals surface area contributed by atoms with Gasteiger partial charge in [-0.25, -0.2) is 0 Å². The van der Waals surface area contributed by atoms with E-state index in [-0.39, 0.29) is 6.04 Å². The van der Waals surface area contributed by atoms with Crippen LogP contribution in [0.4, 0.5) is 0 Å². The number of benzene rings is 1. The molecule has 0 aliphatic heterocycles. The summed E-state index contributed by atoms with van der Waals surface area (Å²) in [5, 5.41) is 3.50. The molecule has 1 aromatic heterocycles. The summed E-state index contributed by atoms with van der Waals surface area (Å²) in [5.74, 6) is 0. The minimum Gasteiger partial charge on any atom is -0.457 e. The SMILES string of the molecule is CCCc1ccc(C(NCC)c2ccoc2Br)cc1. The van der Waals surface area contributed by atoms with Crippen molar-refractivity contribution in [2.75, 3.05) is 6.54 Å². The highest BCUT2D eigenvalue weighted by atomic mass is 79.9. The van der Waals surface area contributed by atoms with E-state index in [0.717, 1.165) is 23.2 Å². The average molecular weight is 322 g/mol. The van der Waals surface area contributed by atoms with E-state index in [1.165, 1.54) is 17.5 Å². The molecule has 0 spiro atoms. The lowest BCUT2D eigenvalue weighted by atomic mass is 9.99. The lowest BCUT2D eigenvalue weighted by molar-refractivity contribution is 0.526. The maximum absolute atomic E-state index is 5.35.